The highest BCUT2D eigenvalue weighted by Crippen LogP contribution is 2.19. The summed E-state index contributed by atoms with van der Waals surface area (Å²) in [6.45, 7) is 0.873. The van der Waals surface area contributed by atoms with Gasteiger partial charge in [-0.2, -0.15) is 5.10 Å². The van der Waals surface area contributed by atoms with Crippen molar-refractivity contribution in [2.75, 3.05) is 6.61 Å². The molecule has 2 aromatic heterocycles. The predicted octanol–water partition coefficient (Wildman–Crippen LogP) is 2.26. The van der Waals surface area contributed by atoms with E-state index >= 15 is 0 Å². The molecule has 0 spiro atoms. The Morgan fingerprint density at radius 2 is 2.42 bits per heavy atom. The molecule has 1 aliphatic rings. The van der Waals surface area contributed by atoms with Crippen molar-refractivity contribution in [1.29, 1.82) is 0 Å². The number of hydrogen-bond acceptors (Lipinski definition) is 4. The molecule has 0 aliphatic carbocycles. The first-order chi connectivity index (χ1) is 9.34. The van der Waals surface area contributed by atoms with Crippen molar-refractivity contribution < 1.29 is 9.53 Å². The van der Waals surface area contributed by atoms with Crippen LogP contribution in [-0.2, 0) is 4.74 Å². The molecule has 0 saturated carbocycles. The maximum atomic E-state index is 12.2. The third-order valence-electron chi connectivity index (χ3n) is 3.58. The first-order valence-corrected chi connectivity index (χ1v) is 6.77. The van der Waals surface area contributed by atoms with E-state index < -0.39 is 0 Å². The number of ketones is 1. The first kappa shape index (κ1) is 12.3. The Bertz CT molecular complexity index is 573. The average molecular weight is 259 g/mol. The van der Waals surface area contributed by atoms with E-state index in [0.29, 0.717) is 18.1 Å². The van der Waals surface area contributed by atoms with Crippen LogP contribution < -0.4 is 0 Å². The molecule has 100 valence electrons. The fourth-order valence-electron chi connectivity index (χ4n) is 2.55. The van der Waals surface area contributed by atoms with E-state index in [2.05, 4.69) is 10.1 Å². The normalized spacial score (nSPS) is 19.1. The van der Waals surface area contributed by atoms with Crippen LogP contribution in [0, 0.1) is 0 Å². The predicted molar refractivity (Wildman–Crippen MR) is 70.1 cm³/mol. The molecule has 0 N–H and O–H groups in total. The van der Waals surface area contributed by atoms with Crippen LogP contribution in [0.5, 0.6) is 0 Å². The molecule has 0 bridgehead atoms. The van der Waals surface area contributed by atoms with Crippen LogP contribution in [-0.4, -0.2) is 33.1 Å². The summed E-state index contributed by atoms with van der Waals surface area (Å²) in [6, 6.07) is 0. The lowest BCUT2D eigenvalue weighted by molar-refractivity contribution is 0.0924. The molecule has 2 aromatic rings. The van der Waals surface area contributed by atoms with Gasteiger partial charge in [-0.15, -0.1) is 0 Å². The van der Waals surface area contributed by atoms with Crippen LogP contribution in [0.4, 0.5) is 0 Å². The van der Waals surface area contributed by atoms with E-state index in [0.717, 1.165) is 37.8 Å². The minimum absolute atomic E-state index is 0.140. The number of aromatic nitrogens is 3. The van der Waals surface area contributed by atoms with Crippen LogP contribution in [0.25, 0.3) is 5.52 Å². The molecule has 0 aromatic carbocycles. The SMILES string of the molecule is O=C(CCCC1CCCO1)c1cnn2ccncc12. The Morgan fingerprint density at radius 3 is 3.26 bits per heavy atom. The summed E-state index contributed by atoms with van der Waals surface area (Å²) in [7, 11) is 0. The molecule has 5 heteroatoms. The quantitative estimate of drug-likeness (QED) is 0.773. The number of hydrogen-bond donors (Lipinski definition) is 0. The van der Waals surface area contributed by atoms with Crippen LogP contribution in [0.1, 0.15) is 42.5 Å². The topological polar surface area (TPSA) is 56.5 Å². The summed E-state index contributed by atoms with van der Waals surface area (Å²) in [5, 5.41) is 4.16. The Labute approximate surface area is 111 Å². The standard InChI is InChI=1S/C14H17N3O2/c18-14(5-1-3-11-4-2-8-19-11)12-9-16-17-7-6-15-10-13(12)17/h6-7,9-11H,1-5,8H2. The van der Waals surface area contributed by atoms with E-state index in [-0.39, 0.29) is 5.78 Å². The zero-order valence-electron chi connectivity index (χ0n) is 10.8. The Morgan fingerprint density at radius 1 is 1.47 bits per heavy atom. The largest absolute Gasteiger partial charge is 0.378 e. The van der Waals surface area contributed by atoms with E-state index in [1.54, 1.807) is 29.3 Å². The summed E-state index contributed by atoms with van der Waals surface area (Å²) < 4.78 is 7.24. The van der Waals surface area contributed by atoms with Crippen molar-refractivity contribution in [1.82, 2.24) is 14.6 Å². The second-order valence-corrected chi connectivity index (χ2v) is 4.91. The maximum Gasteiger partial charge on any atom is 0.166 e. The van der Waals surface area contributed by atoms with Gasteiger partial charge in [0.2, 0.25) is 0 Å². The van der Waals surface area contributed by atoms with Crippen molar-refractivity contribution in [3.8, 4) is 0 Å². The van der Waals surface area contributed by atoms with Gasteiger partial charge in [0.15, 0.2) is 5.78 Å². The lowest BCUT2D eigenvalue weighted by Crippen LogP contribution is -2.06. The second kappa shape index (κ2) is 5.48. The van der Waals surface area contributed by atoms with E-state index in [1.165, 1.54) is 0 Å². The summed E-state index contributed by atoms with van der Waals surface area (Å²) >= 11 is 0. The van der Waals surface area contributed by atoms with E-state index in [1.807, 2.05) is 0 Å². The number of carbonyl (C=O) groups excluding carboxylic acids is 1. The summed E-state index contributed by atoms with van der Waals surface area (Å²) in [5.74, 6) is 0.140. The molecule has 0 amide bonds. The van der Waals surface area contributed by atoms with Gasteiger partial charge in [-0.1, -0.05) is 0 Å². The molecule has 1 aliphatic heterocycles. The van der Waals surface area contributed by atoms with Crippen LogP contribution >= 0.6 is 0 Å². The molecule has 1 fully saturated rings. The van der Waals surface area contributed by atoms with Crippen molar-refractivity contribution in [3.63, 3.8) is 0 Å². The van der Waals surface area contributed by atoms with Gasteiger partial charge in [0.25, 0.3) is 0 Å². The third-order valence-corrected chi connectivity index (χ3v) is 3.58. The number of rotatable bonds is 5. The molecule has 3 rings (SSSR count). The minimum atomic E-state index is 0.140. The molecule has 5 nitrogen and oxygen atoms in total. The maximum absolute atomic E-state index is 12.2. The highest BCUT2D eigenvalue weighted by atomic mass is 16.5. The lowest BCUT2D eigenvalue weighted by atomic mass is 10.0. The van der Waals surface area contributed by atoms with Crippen molar-refractivity contribution in [2.45, 2.75) is 38.2 Å². The Hall–Kier alpha value is -1.75. The second-order valence-electron chi connectivity index (χ2n) is 4.91. The highest BCUT2D eigenvalue weighted by molar-refractivity contribution is 6.01. The van der Waals surface area contributed by atoms with E-state index in [4.69, 9.17) is 4.74 Å². The summed E-state index contributed by atoms with van der Waals surface area (Å²) in [4.78, 5) is 16.2. The number of carbonyl (C=O) groups is 1. The van der Waals surface area contributed by atoms with Crippen LogP contribution in [0.2, 0.25) is 0 Å². The van der Waals surface area contributed by atoms with Gasteiger partial charge in [0, 0.05) is 25.4 Å². The number of nitrogens with zero attached hydrogens (tertiary/aromatic N) is 3. The molecular formula is C14H17N3O2. The number of ether oxygens (including phenoxy) is 1. The smallest absolute Gasteiger partial charge is 0.166 e. The lowest BCUT2D eigenvalue weighted by Gasteiger charge is -2.07. The van der Waals surface area contributed by atoms with Crippen LogP contribution in [0.3, 0.4) is 0 Å². The van der Waals surface area contributed by atoms with Crippen molar-refractivity contribution in [2.24, 2.45) is 0 Å². The number of Topliss-reactive ketones (excluding diaryl/α,β-unsaturated/α-hetero) is 1. The zero-order chi connectivity index (χ0) is 13.1. The molecule has 0 radical (unpaired) electrons. The summed E-state index contributed by atoms with van der Waals surface area (Å²) in [5.41, 5.74) is 1.45. The molecule has 19 heavy (non-hydrogen) atoms. The molecule has 3 heterocycles. The van der Waals surface area contributed by atoms with Gasteiger partial charge in [-0.05, 0) is 25.7 Å². The van der Waals surface area contributed by atoms with Gasteiger partial charge < -0.3 is 4.74 Å². The summed E-state index contributed by atoms with van der Waals surface area (Å²) in [6.07, 6.45) is 11.8. The fraction of sp³-hybridized carbons (Fsp3) is 0.500. The molecule has 1 unspecified atom stereocenters. The zero-order valence-corrected chi connectivity index (χ0v) is 10.8. The molecule has 1 saturated heterocycles. The van der Waals surface area contributed by atoms with Gasteiger partial charge in [0.05, 0.1) is 29.6 Å². The Balaban J connectivity index is 1.60. The number of fused-ring (bicyclic) bond motifs is 1. The minimum Gasteiger partial charge on any atom is -0.378 e. The van der Waals surface area contributed by atoms with Gasteiger partial charge in [-0.25, -0.2) is 4.52 Å². The van der Waals surface area contributed by atoms with Gasteiger partial charge in [-0.3, -0.25) is 9.78 Å². The van der Waals surface area contributed by atoms with Gasteiger partial charge >= 0.3 is 0 Å². The highest BCUT2D eigenvalue weighted by Gasteiger charge is 2.17. The van der Waals surface area contributed by atoms with Crippen molar-refractivity contribution in [3.05, 3.63) is 30.4 Å². The van der Waals surface area contributed by atoms with Gasteiger partial charge in [0.1, 0.15) is 0 Å². The Kier molecular flexibility index (Phi) is 3.55. The first-order valence-electron chi connectivity index (χ1n) is 6.77. The van der Waals surface area contributed by atoms with E-state index in [9.17, 15) is 4.79 Å². The average Bonchev–Trinajstić information content (AvgIpc) is 3.07. The van der Waals surface area contributed by atoms with Crippen LogP contribution in [0.15, 0.2) is 24.8 Å². The third kappa shape index (κ3) is 2.66. The fourth-order valence-corrected chi connectivity index (χ4v) is 2.55. The monoisotopic (exact) mass is 259 g/mol. The van der Waals surface area contributed by atoms with Crippen molar-refractivity contribution >= 4 is 11.3 Å². The molecular weight excluding hydrogens is 242 g/mol. The molecule has 1 atom stereocenters.